The topological polar surface area (TPSA) is 95.6 Å². The number of nitrogens with one attached hydrogen (secondary N) is 2. The van der Waals surface area contributed by atoms with Crippen molar-refractivity contribution in [3.05, 3.63) is 17.0 Å². The molecule has 7 nitrogen and oxygen atoms in total. The van der Waals surface area contributed by atoms with E-state index >= 15 is 0 Å². The molecule has 22 heavy (non-hydrogen) atoms. The first-order chi connectivity index (χ1) is 10.3. The van der Waals surface area contributed by atoms with Gasteiger partial charge in [-0.05, 0) is 24.3 Å². The lowest BCUT2D eigenvalue weighted by Gasteiger charge is -2.30. The molecule has 1 aromatic rings. The fourth-order valence-corrected chi connectivity index (χ4v) is 4.09. The van der Waals surface area contributed by atoms with Crippen LogP contribution in [0.25, 0.3) is 0 Å². The minimum absolute atomic E-state index is 0.186. The minimum Gasteiger partial charge on any atom is -0.355 e. The highest BCUT2D eigenvalue weighted by molar-refractivity contribution is 7.88. The van der Waals surface area contributed by atoms with Crippen molar-refractivity contribution in [2.24, 2.45) is 5.92 Å². The van der Waals surface area contributed by atoms with E-state index < -0.39 is 15.9 Å². The van der Waals surface area contributed by atoms with Crippen molar-refractivity contribution in [1.82, 2.24) is 9.62 Å². The van der Waals surface area contributed by atoms with Crippen molar-refractivity contribution >= 4 is 38.2 Å². The number of thiophene rings is 1. The molecule has 2 heterocycles. The van der Waals surface area contributed by atoms with Crippen LogP contribution < -0.4 is 10.6 Å². The lowest BCUT2D eigenvalue weighted by molar-refractivity contribution is -0.120. The van der Waals surface area contributed by atoms with Gasteiger partial charge in [0.2, 0.25) is 15.9 Å². The van der Waals surface area contributed by atoms with Crippen molar-refractivity contribution in [2.75, 3.05) is 31.7 Å². The lowest BCUT2D eigenvalue weighted by Crippen LogP contribution is -2.43. The highest BCUT2D eigenvalue weighted by Gasteiger charge is 2.30. The standard InChI is InChI=1S/C13H19N3O4S2/c1-14-12(18)10-5-7-21-13(10)15-11(17)9-4-3-6-16(8-9)22(2,19)20/h5,7,9H,3-4,6,8H2,1-2H3,(H,14,18)(H,15,17)/t9-/m0/s1. The molecule has 2 rings (SSSR count). The molecule has 1 aliphatic rings. The number of piperidine rings is 1. The van der Waals surface area contributed by atoms with Gasteiger partial charge in [0.1, 0.15) is 5.00 Å². The van der Waals surface area contributed by atoms with Gasteiger partial charge in [0.25, 0.3) is 5.91 Å². The van der Waals surface area contributed by atoms with E-state index in [0.29, 0.717) is 30.0 Å². The Bertz CT molecular complexity index is 669. The van der Waals surface area contributed by atoms with E-state index in [1.807, 2.05) is 0 Å². The highest BCUT2D eigenvalue weighted by atomic mass is 32.2. The van der Waals surface area contributed by atoms with Gasteiger partial charge in [-0.1, -0.05) is 0 Å². The van der Waals surface area contributed by atoms with Gasteiger partial charge in [-0.15, -0.1) is 11.3 Å². The zero-order valence-corrected chi connectivity index (χ0v) is 14.1. The second-order valence-corrected chi connectivity index (χ2v) is 8.09. The summed E-state index contributed by atoms with van der Waals surface area (Å²) in [6.45, 7) is 0.635. The number of hydrogen-bond donors (Lipinski definition) is 2. The van der Waals surface area contributed by atoms with Crippen LogP contribution in [-0.2, 0) is 14.8 Å². The number of nitrogens with zero attached hydrogens (tertiary/aromatic N) is 1. The SMILES string of the molecule is CNC(=O)c1ccsc1NC(=O)[C@H]1CCCN(S(C)(=O)=O)C1. The van der Waals surface area contributed by atoms with Gasteiger partial charge in [0.15, 0.2) is 0 Å². The van der Waals surface area contributed by atoms with Gasteiger partial charge in [0.05, 0.1) is 17.7 Å². The maximum Gasteiger partial charge on any atom is 0.254 e. The fraction of sp³-hybridized carbons (Fsp3) is 0.538. The van der Waals surface area contributed by atoms with Crippen molar-refractivity contribution in [2.45, 2.75) is 12.8 Å². The largest absolute Gasteiger partial charge is 0.355 e. The van der Waals surface area contributed by atoms with E-state index in [0.717, 1.165) is 6.26 Å². The molecule has 1 aliphatic heterocycles. The van der Waals surface area contributed by atoms with Gasteiger partial charge < -0.3 is 10.6 Å². The van der Waals surface area contributed by atoms with Crippen molar-refractivity contribution in [3.63, 3.8) is 0 Å². The first-order valence-corrected chi connectivity index (χ1v) is 9.61. The zero-order valence-electron chi connectivity index (χ0n) is 12.5. The molecule has 9 heteroatoms. The van der Waals surface area contributed by atoms with Gasteiger partial charge in [-0.2, -0.15) is 0 Å². The van der Waals surface area contributed by atoms with Crippen LogP contribution in [0, 0.1) is 5.92 Å². The summed E-state index contributed by atoms with van der Waals surface area (Å²) < 4.78 is 24.5. The average Bonchev–Trinajstić information content (AvgIpc) is 2.93. The monoisotopic (exact) mass is 345 g/mol. The van der Waals surface area contributed by atoms with Crippen LogP contribution in [0.5, 0.6) is 0 Å². The molecule has 0 bridgehead atoms. The third kappa shape index (κ3) is 3.84. The normalized spacial score (nSPS) is 19.6. The Balaban J connectivity index is 2.06. The fourth-order valence-electron chi connectivity index (χ4n) is 2.39. The molecule has 0 unspecified atom stereocenters. The van der Waals surface area contributed by atoms with Crippen LogP contribution >= 0.6 is 11.3 Å². The Morgan fingerprint density at radius 2 is 2.14 bits per heavy atom. The number of sulfonamides is 1. The van der Waals surface area contributed by atoms with Crippen LogP contribution in [0.15, 0.2) is 11.4 Å². The van der Waals surface area contributed by atoms with Crippen molar-refractivity contribution in [1.29, 1.82) is 0 Å². The maximum absolute atomic E-state index is 12.3. The van der Waals surface area contributed by atoms with Crippen molar-refractivity contribution in [3.8, 4) is 0 Å². The molecule has 0 spiro atoms. The number of carbonyl (C=O) groups excluding carboxylic acids is 2. The second kappa shape index (κ2) is 6.76. The Labute approximate surface area is 133 Å². The van der Waals surface area contributed by atoms with E-state index in [9.17, 15) is 18.0 Å². The zero-order chi connectivity index (χ0) is 16.3. The van der Waals surface area contributed by atoms with Gasteiger partial charge >= 0.3 is 0 Å². The maximum atomic E-state index is 12.3. The summed E-state index contributed by atoms with van der Waals surface area (Å²) in [7, 11) is -1.76. The molecule has 1 fully saturated rings. The molecule has 2 amide bonds. The smallest absolute Gasteiger partial charge is 0.254 e. The van der Waals surface area contributed by atoms with E-state index in [1.54, 1.807) is 11.4 Å². The molecule has 0 saturated carbocycles. The summed E-state index contributed by atoms with van der Waals surface area (Å²) in [5.74, 6) is -0.915. The van der Waals surface area contributed by atoms with Gasteiger partial charge in [-0.3, -0.25) is 9.59 Å². The van der Waals surface area contributed by atoms with Gasteiger partial charge in [-0.25, -0.2) is 12.7 Å². The van der Waals surface area contributed by atoms with E-state index in [2.05, 4.69) is 10.6 Å². The Hall–Kier alpha value is -1.45. The first kappa shape index (κ1) is 16.9. The second-order valence-electron chi connectivity index (χ2n) is 5.19. The van der Waals surface area contributed by atoms with Crippen LogP contribution in [0.2, 0.25) is 0 Å². The van der Waals surface area contributed by atoms with Crippen LogP contribution in [0.3, 0.4) is 0 Å². The predicted octanol–water partition coefficient (Wildman–Crippen LogP) is 0.718. The van der Waals surface area contributed by atoms with E-state index in [1.165, 1.54) is 22.7 Å². The molecule has 2 N–H and O–H groups in total. The molecule has 1 atom stereocenters. The highest BCUT2D eigenvalue weighted by Crippen LogP contribution is 2.26. The summed E-state index contributed by atoms with van der Waals surface area (Å²) >= 11 is 1.27. The molecule has 0 aromatic carbocycles. The quantitative estimate of drug-likeness (QED) is 0.840. The number of hydrogen-bond acceptors (Lipinski definition) is 5. The van der Waals surface area contributed by atoms with Crippen molar-refractivity contribution < 1.29 is 18.0 Å². The van der Waals surface area contributed by atoms with Crippen LogP contribution in [-0.4, -0.2) is 50.9 Å². The number of amides is 2. The third-order valence-electron chi connectivity index (χ3n) is 3.60. The van der Waals surface area contributed by atoms with E-state index in [4.69, 9.17) is 0 Å². The number of anilines is 1. The molecular formula is C13H19N3O4S2. The van der Waals surface area contributed by atoms with Crippen LogP contribution in [0.1, 0.15) is 23.2 Å². The average molecular weight is 345 g/mol. The molecular weight excluding hydrogens is 326 g/mol. The first-order valence-electron chi connectivity index (χ1n) is 6.88. The van der Waals surface area contributed by atoms with Gasteiger partial charge in [0, 0.05) is 20.1 Å². The molecule has 1 saturated heterocycles. The Kier molecular flexibility index (Phi) is 5.20. The predicted molar refractivity (Wildman–Crippen MR) is 85.5 cm³/mol. The Morgan fingerprint density at radius 3 is 2.77 bits per heavy atom. The molecule has 122 valence electrons. The minimum atomic E-state index is -3.29. The summed E-state index contributed by atoms with van der Waals surface area (Å²) in [6, 6.07) is 1.64. The van der Waals surface area contributed by atoms with E-state index in [-0.39, 0.29) is 18.4 Å². The van der Waals surface area contributed by atoms with Crippen LogP contribution in [0.4, 0.5) is 5.00 Å². The number of carbonyl (C=O) groups is 2. The Morgan fingerprint density at radius 1 is 1.41 bits per heavy atom. The molecule has 1 aromatic heterocycles. The molecule has 0 aliphatic carbocycles. The summed E-state index contributed by atoms with van der Waals surface area (Å²) in [4.78, 5) is 24.0. The summed E-state index contributed by atoms with van der Waals surface area (Å²) in [5, 5.41) is 7.47. The molecule has 0 radical (unpaired) electrons. The lowest BCUT2D eigenvalue weighted by atomic mass is 9.99. The number of rotatable bonds is 4. The third-order valence-corrected chi connectivity index (χ3v) is 5.70. The summed E-state index contributed by atoms with van der Waals surface area (Å²) in [6.07, 6.45) is 2.44. The summed E-state index contributed by atoms with van der Waals surface area (Å²) in [5.41, 5.74) is 0.414.